The zero-order chi connectivity index (χ0) is 13.6. The number of imidazole rings is 1. The van der Waals surface area contributed by atoms with Crippen molar-refractivity contribution in [3.63, 3.8) is 0 Å². The summed E-state index contributed by atoms with van der Waals surface area (Å²) in [5.74, 6) is -0.832. The number of benzene rings is 1. The predicted molar refractivity (Wildman–Crippen MR) is 64.4 cm³/mol. The van der Waals surface area contributed by atoms with Crippen LogP contribution in [0.1, 0.15) is 0 Å². The first-order valence-electron chi connectivity index (χ1n) is 5.26. The smallest absolute Gasteiger partial charge is 0.327 e. The van der Waals surface area contributed by atoms with Gasteiger partial charge >= 0.3 is 5.69 Å². The van der Waals surface area contributed by atoms with Crippen molar-refractivity contribution in [1.82, 2.24) is 19.9 Å². The molecule has 96 valence electrons. The zero-order valence-corrected chi connectivity index (χ0v) is 9.32. The van der Waals surface area contributed by atoms with E-state index in [0.717, 1.165) is 6.07 Å². The largest absolute Gasteiger partial charge is 0.508 e. The zero-order valence-electron chi connectivity index (χ0n) is 9.32. The van der Waals surface area contributed by atoms with E-state index in [1.165, 1.54) is 12.1 Å². The maximum absolute atomic E-state index is 13.7. The highest BCUT2D eigenvalue weighted by molar-refractivity contribution is 5.74. The average molecular weight is 262 g/mol. The Labute approximate surface area is 103 Å². The number of rotatable bonds is 1. The van der Waals surface area contributed by atoms with Crippen LogP contribution in [0, 0.1) is 5.82 Å². The molecular formula is C11H7FN4O3. The summed E-state index contributed by atoms with van der Waals surface area (Å²) in [4.78, 5) is 33.5. The number of aromatic amines is 3. The number of aromatic nitrogens is 4. The van der Waals surface area contributed by atoms with Gasteiger partial charge in [0, 0.05) is 6.07 Å². The quantitative estimate of drug-likeness (QED) is 0.509. The van der Waals surface area contributed by atoms with Crippen molar-refractivity contribution in [2.24, 2.45) is 0 Å². The van der Waals surface area contributed by atoms with Crippen molar-refractivity contribution in [2.45, 2.75) is 0 Å². The number of phenolic OH excluding ortho intramolecular Hbond substituents is 1. The summed E-state index contributed by atoms with van der Waals surface area (Å²) in [5, 5.41) is 9.13. The molecule has 0 aliphatic rings. The molecule has 0 saturated carbocycles. The summed E-state index contributed by atoms with van der Waals surface area (Å²) in [6.07, 6.45) is 0. The molecule has 7 nitrogen and oxygen atoms in total. The Morgan fingerprint density at radius 2 is 1.95 bits per heavy atom. The van der Waals surface area contributed by atoms with Gasteiger partial charge in [0.25, 0.3) is 5.56 Å². The molecule has 0 aliphatic carbocycles. The van der Waals surface area contributed by atoms with Gasteiger partial charge < -0.3 is 10.1 Å². The number of hydrogen-bond donors (Lipinski definition) is 4. The Bertz CT molecular complexity index is 893. The third-order valence-corrected chi connectivity index (χ3v) is 2.60. The molecule has 0 unspecified atom stereocenters. The molecule has 3 aromatic rings. The molecule has 0 bridgehead atoms. The lowest BCUT2D eigenvalue weighted by Crippen LogP contribution is -2.21. The molecule has 0 fully saturated rings. The number of phenols is 1. The van der Waals surface area contributed by atoms with Crippen LogP contribution in [0.2, 0.25) is 0 Å². The second-order valence-corrected chi connectivity index (χ2v) is 3.88. The minimum absolute atomic E-state index is 0.0382. The lowest BCUT2D eigenvalue weighted by Gasteiger charge is -1.99. The van der Waals surface area contributed by atoms with Crippen molar-refractivity contribution in [1.29, 1.82) is 0 Å². The van der Waals surface area contributed by atoms with Crippen molar-refractivity contribution in [3.8, 4) is 17.1 Å². The summed E-state index contributed by atoms with van der Waals surface area (Å²) in [6.45, 7) is 0. The molecule has 0 amide bonds. The minimum Gasteiger partial charge on any atom is -0.508 e. The number of nitrogens with one attached hydrogen (secondary N) is 3. The fourth-order valence-corrected chi connectivity index (χ4v) is 1.76. The topological polar surface area (TPSA) is 115 Å². The van der Waals surface area contributed by atoms with Crippen LogP contribution >= 0.6 is 0 Å². The number of halogens is 1. The number of aromatic hydroxyl groups is 1. The highest BCUT2D eigenvalue weighted by Crippen LogP contribution is 2.24. The number of H-pyrrole nitrogens is 3. The number of hydrogen-bond acceptors (Lipinski definition) is 4. The first-order chi connectivity index (χ1) is 9.04. The van der Waals surface area contributed by atoms with Crippen molar-refractivity contribution in [3.05, 3.63) is 44.9 Å². The third-order valence-electron chi connectivity index (χ3n) is 2.60. The number of fused-ring (bicyclic) bond motifs is 1. The normalized spacial score (nSPS) is 11.0. The van der Waals surface area contributed by atoms with Crippen LogP contribution in [0.25, 0.3) is 22.6 Å². The van der Waals surface area contributed by atoms with Crippen LogP contribution < -0.4 is 11.2 Å². The molecular weight excluding hydrogens is 255 g/mol. The molecule has 1 aromatic carbocycles. The van der Waals surface area contributed by atoms with Crippen LogP contribution in [0.3, 0.4) is 0 Å². The predicted octanol–water partition coefficient (Wildman–Crippen LogP) is 0.451. The Morgan fingerprint density at radius 3 is 2.68 bits per heavy atom. The lowest BCUT2D eigenvalue weighted by atomic mass is 10.2. The molecule has 0 aliphatic heterocycles. The van der Waals surface area contributed by atoms with Crippen LogP contribution in [0.5, 0.6) is 5.75 Å². The van der Waals surface area contributed by atoms with Crippen LogP contribution in [-0.2, 0) is 0 Å². The van der Waals surface area contributed by atoms with E-state index in [2.05, 4.69) is 15.0 Å². The van der Waals surface area contributed by atoms with Crippen LogP contribution in [0.4, 0.5) is 4.39 Å². The van der Waals surface area contributed by atoms with Gasteiger partial charge in [-0.2, -0.15) is 0 Å². The molecule has 2 heterocycles. The number of nitrogens with zero attached hydrogens (tertiary/aromatic N) is 1. The minimum atomic E-state index is -0.696. The standard InChI is InChI=1S/C11H7FN4O3/c12-6-3-4(17)1-2-5(6)8-13-7-9(14-8)15-11(19)16-10(7)18/h1-3,17H,(H3,13,14,15,16,18,19). The Hall–Kier alpha value is -2.90. The van der Waals surface area contributed by atoms with E-state index in [1.54, 1.807) is 0 Å². The second kappa shape index (κ2) is 3.80. The first-order valence-corrected chi connectivity index (χ1v) is 5.26. The highest BCUT2D eigenvalue weighted by Gasteiger charge is 2.13. The molecule has 0 spiro atoms. The molecule has 0 saturated heterocycles. The lowest BCUT2D eigenvalue weighted by molar-refractivity contribution is 0.469. The van der Waals surface area contributed by atoms with Gasteiger partial charge in [0.05, 0.1) is 5.56 Å². The van der Waals surface area contributed by atoms with E-state index < -0.39 is 17.1 Å². The molecule has 19 heavy (non-hydrogen) atoms. The third kappa shape index (κ3) is 1.79. The van der Waals surface area contributed by atoms with E-state index >= 15 is 0 Å². The van der Waals surface area contributed by atoms with E-state index in [-0.39, 0.29) is 28.3 Å². The molecule has 2 aromatic heterocycles. The van der Waals surface area contributed by atoms with Gasteiger partial charge in [0.15, 0.2) is 5.65 Å². The van der Waals surface area contributed by atoms with Gasteiger partial charge in [-0.1, -0.05) is 0 Å². The SMILES string of the molecule is O=c1[nH]c(=O)c2[nH]c(-c3ccc(O)cc3F)nc2[nH]1. The summed E-state index contributed by atoms with van der Waals surface area (Å²) >= 11 is 0. The Balaban J connectivity index is 2.29. The van der Waals surface area contributed by atoms with Crippen molar-refractivity contribution < 1.29 is 9.50 Å². The van der Waals surface area contributed by atoms with Gasteiger partial charge in [-0.15, -0.1) is 0 Å². The molecule has 0 atom stereocenters. The van der Waals surface area contributed by atoms with E-state index in [9.17, 15) is 14.0 Å². The Kier molecular flexibility index (Phi) is 2.24. The molecule has 4 N–H and O–H groups in total. The van der Waals surface area contributed by atoms with Gasteiger partial charge in [-0.3, -0.25) is 14.8 Å². The van der Waals surface area contributed by atoms with Gasteiger partial charge in [0.2, 0.25) is 0 Å². The summed E-state index contributed by atoms with van der Waals surface area (Å²) < 4.78 is 13.7. The summed E-state index contributed by atoms with van der Waals surface area (Å²) in [7, 11) is 0. The Morgan fingerprint density at radius 1 is 1.16 bits per heavy atom. The van der Waals surface area contributed by atoms with Gasteiger partial charge in [-0.05, 0) is 12.1 Å². The second-order valence-electron chi connectivity index (χ2n) is 3.88. The summed E-state index contributed by atoms with van der Waals surface area (Å²) in [5.41, 5.74) is -1.18. The van der Waals surface area contributed by atoms with E-state index in [1.807, 2.05) is 4.98 Å². The maximum atomic E-state index is 13.7. The van der Waals surface area contributed by atoms with Gasteiger partial charge in [0.1, 0.15) is 22.9 Å². The van der Waals surface area contributed by atoms with Crippen LogP contribution in [0.15, 0.2) is 27.8 Å². The molecule has 3 rings (SSSR count). The average Bonchev–Trinajstić information content (AvgIpc) is 2.72. The monoisotopic (exact) mass is 262 g/mol. The van der Waals surface area contributed by atoms with E-state index in [4.69, 9.17) is 5.11 Å². The van der Waals surface area contributed by atoms with Crippen LogP contribution in [-0.4, -0.2) is 25.0 Å². The van der Waals surface area contributed by atoms with Gasteiger partial charge in [-0.25, -0.2) is 14.2 Å². The molecule has 0 radical (unpaired) electrons. The van der Waals surface area contributed by atoms with Crippen molar-refractivity contribution in [2.75, 3.05) is 0 Å². The fraction of sp³-hybridized carbons (Fsp3) is 0. The summed E-state index contributed by atoms with van der Waals surface area (Å²) in [6, 6.07) is 3.53. The first kappa shape index (κ1) is 11.2. The fourth-order valence-electron chi connectivity index (χ4n) is 1.76. The molecule has 8 heteroatoms. The highest BCUT2D eigenvalue weighted by atomic mass is 19.1. The maximum Gasteiger partial charge on any atom is 0.327 e. The van der Waals surface area contributed by atoms with Crippen molar-refractivity contribution >= 4 is 11.2 Å². The van der Waals surface area contributed by atoms with E-state index in [0.29, 0.717) is 0 Å².